The van der Waals surface area contributed by atoms with Crippen LogP contribution in [-0.4, -0.2) is 46.9 Å². The lowest BCUT2D eigenvalue weighted by molar-refractivity contribution is 0.235. The van der Waals surface area contributed by atoms with Gasteiger partial charge in [-0.25, -0.2) is 4.98 Å². The quantitative estimate of drug-likeness (QED) is 0.781. The molecule has 2 aliphatic rings. The van der Waals surface area contributed by atoms with Crippen LogP contribution in [0.15, 0.2) is 6.20 Å². The maximum atomic E-state index is 4.54. The molecule has 0 radical (unpaired) electrons. The van der Waals surface area contributed by atoms with Crippen molar-refractivity contribution < 1.29 is 0 Å². The molecule has 0 aliphatic carbocycles. The zero-order valence-corrected chi connectivity index (χ0v) is 10.5. The van der Waals surface area contributed by atoms with Crippen molar-refractivity contribution in [1.29, 1.82) is 0 Å². The molecule has 0 aromatic carbocycles. The molecule has 5 heteroatoms. The summed E-state index contributed by atoms with van der Waals surface area (Å²) < 4.78 is 2.41. The van der Waals surface area contributed by atoms with E-state index in [0.717, 1.165) is 31.9 Å². The fraction of sp³-hybridized carbons (Fsp3) is 0.727. The Hall–Kier alpha value is -0.520. The number of rotatable bonds is 1. The van der Waals surface area contributed by atoms with Crippen LogP contribution in [0.5, 0.6) is 0 Å². The molecule has 1 unspecified atom stereocenters. The van der Waals surface area contributed by atoms with Crippen LogP contribution in [0.4, 0.5) is 0 Å². The van der Waals surface area contributed by atoms with Gasteiger partial charge >= 0.3 is 0 Å². The summed E-state index contributed by atoms with van der Waals surface area (Å²) in [6.45, 7) is 4.44. The fourth-order valence-corrected chi connectivity index (χ4v) is 3.36. The standard InChI is InChI=1S/C11H18N4S/c1-14-3-2-12-9(7-14)10-6-13-11-8-16-5-4-15(10)11/h6,9,12H,2-5,7-8H2,1H3. The number of hydrogen-bond donors (Lipinski definition) is 1. The molecule has 4 nitrogen and oxygen atoms in total. The van der Waals surface area contributed by atoms with Crippen molar-refractivity contribution in [3.05, 3.63) is 17.7 Å². The normalized spacial score (nSPS) is 26.7. The molecule has 0 bridgehead atoms. The first-order valence-electron chi connectivity index (χ1n) is 5.88. The first-order chi connectivity index (χ1) is 7.84. The summed E-state index contributed by atoms with van der Waals surface area (Å²) in [7, 11) is 2.19. The van der Waals surface area contributed by atoms with E-state index in [2.05, 4.69) is 33.0 Å². The molecule has 0 spiro atoms. The molecule has 1 saturated heterocycles. The van der Waals surface area contributed by atoms with Crippen LogP contribution in [0, 0.1) is 0 Å². The summed E-state index contributed by atoms with van der Waals surface area (Å²) in [4.78, 5) is 6.93. The Balaban J connectivity index is 1.85. The van der Waals surface area contributed by atoms with Gasteiger partial charge in [0.05, 0.1) is 23.7 Å². The molecular formula is C11H18N4S. The summed E-state index contributed by atoms with van der Waals surface area (Å²) in [5.41, 5.74) is 1.38. The molecule has 1 N–H and O–H groups in total. The highest BCUT2D eigenvalue weighted by Crippen LogP contribution is 2.24. The Kier molecular flexibility index (Phi) is 2.91. The fourth-order valence-electron chi connectivity index (χ4n) is 2.50. The molecular weight excluding hydrogens is 220 g/mol. The van der Waals surface area contributed by atoms with Gasteiger partial charge in [0.15, 0.2) is 0 Å². The van der Waals surface area contributed by atoms with Gasteiger partial charge in [-0.2, -0.15) is 11.8 Å². The van der Waals surface area contributed by atoms with Crippen LogP contribution in [-0.2, 0) is 12.3 Å². The molecule has 3 heterocycles. The number of nitrogens with zero attached hydrogens (tertiary/aromatic N) is 3. The minimum atomic E-state index is 0.461. The second-order valence-electron chi connectivity index (χ2n) is 4.57. The third-order valence-electron chi connectivity index (χ3n) is 3.40. The Morgan fingerprint density at radius 3 is 3.31 bits per heavy atom. The van der Waals surface area contributed by atoms with Crippen LogP contribution >= 0.6 is 11.8 Å². The first-order valence-corrected chi connectivity index (χ1v) is 7.04. The van der Waals surface area contributed by atoms with Crippen LogP contribution in [0.2, 0.25) is 0 Å². The van der Waals surface area contributed by atoms with Gasteiger partial charge in [0, 0.05) is 31.9 Å². The van der Waals surface area contributed by atoms with E-state index >= 15 is 0 Å². The smallest absolute Gasteiger partial charge is 0.118 e. The van der Waals surface area contributed by atoms with Crippen LogP contribution in [0.3, 0.4) is 0 Å². The number of imidazole rings is 1. The maximum Gasteiger partial charge on any atom is 0.118 e. The predicted molar refractivity (Wildman–Crippen MR) is 66.6 cm³/mol. The topological polar surface area (TPSA) is 33.1 Å². The van der Waals surface area contributed by atoms with E-state index < -0.39 is 0 Å². The van der Waals surface area contributed by atoms with Gasteiger partial charge in [-0.3, -0.25) is 0 Å². The van der Waals surface area contributed by atoms with Gasteiger partial charge in [0.2, 0.25) is 0 Å². The minimum absolute atomic E-state index is 0.461. The Morgan fingerprint density at radius 2 is 2.44 bits per heavy atom. The van der Waals surface area contributed by atoms with E-state index in [-0.39, 0.29) is 0 Å². The van der Waals surface area contributed by atoms with Crippen molar-refractivity contribution in [3.63, 3.8) is 0 Å². The highest BCUT2D eigenvalue weighted by molar-refractivity contribution is 7.98. The molecule has 1 atom stereocenters. The van der Waals surface area contributed by atoms with Crippen molar-refractivity contribution in [2.45, 2.75) is 18.3 Å². The number of hydrogen-bond acceptors (Lipinski definition) is 4. The van der Waals surface area contributed by atoms with E-state index in [9.17, 15) is 0 Å². The SMILES string of the molecule is CN1CCNC(c2cnc3n2CCSC3)C1. The van der Waals surface area contributed by atoms with Crippen molar-refractivity contribution in [2.75, 3.05) is 32.4 Å². The predicted octanol–water partition coefficient (Wildman–Crippen LogP) is 0.706. The van der Waals surface area contributed by atoms with Crippen molar-refractivity contribution in [3.8, 4) is 0 Å². The molecule has 1 fully saturated rings. The lowest BCUT2D eigenvalue weighted by Crippen LogP contribution is -2.44. The maximum absolute atomic E-state index is 4.54. The summed E-state index contributed by atoms with van der Waals surface area (Å²) in [5, 5.41) is 3.59. The van der Waals surface area contributed by atoms with Crippen molar-refractivity contribution in [1.82, 2.24) is 19.8 Å². The molecule has 88 valence electrons. The largest absolute Gasteiger partial charge is 0.329 e. The van der Waals surface area contributed by atoms with Crippen molar-refractivity contribution in [2.24, 2.45) is 0 Å². The number of fused-ring (bicyclic) bond motifs is 1. The molecule has 2 aliphatic heterocycles. The van der Waals surface area contributed by atoms with Gasteiger partial charge in [0.1, 0.15) is 5.82 Å². The second kappa shape index (κ2) is 4.39. The number of piperazine rings is 1. The Bertz CT molecular complexity index is 376. The number of aromatic nitrogens is 2. The second-order valence-corrected chi connectivity index (χ2v) is 5.68. The lowest BCUT2D eigenvalue weighted by Gasteiger charge is -2.32. The monoisotopic (exact) mass is 238 g/mol. The third kappa shape index (κ3) is 1.87. The molecule has 1 aromatic rings. The van der Waals surface area contributed by atoms with Gasteiger partial charge in [-0.15, -0.1) is 0 Å². The molecule has 0 saturated carbocycles. The average molecular weight is 238 g/mol. The summed E-state index contributed by atoms with van der Waals surface area (Å²) in [5.74, 6) is 3.54. The van der Waals surface area contributed by atoms with Gasteiger partial charge in [-0.05, 0) is 7.05 Å². The zero-order chi connectivity index (χ0) is 11.0. The molecule has 3 rings (SSSR count). The lowest BCUT2D eigenvalue weighted by atomic mass is 10.1. The van der Waals surface area contributed by atoms with Crippen LogP contribution < -0.4 is 5.32 Å². The molecule has 0 amide bonds. The van der Waals surface area contributed by atoms with E-state index in [0.29, 0.717) is 6.04 Å². The first kappa shape index (κ1) is 10.6. The summed E-state index contributed by atoms with van der Waals surface area (Å²) in [6, 6.07) is 0.461. The van der Waals surface area contributed by atoms with E-state index in [1.807, 2.05) is 11.8 Å². The van der Waals surface area contributed by atoms with Crippen molar-refractivity contribution >= 4 is 11.8 Å². The van der Waals surface area contributed by atoms with Gasteiger partial charge in [0.25, 0.3) is 0 Å². The van der Waals surface area contributed by atoms with Crippen LogP contribution in [0.25, 0.3) is 0 Å². The molecule has 1 aromatic heterocycles. The number of nitrogens with one attached hydrogen (secondary N) is 1. The number of likely N-dealkylation sites (N-methyl/N-ethyl adjacent to an activating group) is 1. The Morgan fingerprint density at radius 1 is 1.50 bits per heavy atom. The zero-order valence-electron chi connectivity index (χ0n) is 9.65. The molecule has 16 heavy (non-hydrogen) atoms. The summed E-state index contributed by atoms with van der Waals surface area (Å²) >= 11 is 1.98. The highest BCUT2D eigenvalue weighted by Gasteiger charge is 2.24. The Labute approximate surface area is 100 Å². The number of thioether (sulfide) groups is 1. The minimum Gasteiger partial charge on any atom is -0.329 e. The van der Waals surface area contributed by atoms with E-state index in [4.69, 9.17) is 0 Å². The van der Waals surface area contributed by atoms with Crippen LogP contribution in [0.1, 0.15) is 17.6 Å². The third-order valence-corrected chi connectivity index (χ3v) is 4.33. The average Bonchev–Trinajstić information content (AvgIpc) is 2.72. The van der Waals surface area contributed by atoms with E-state index in [1.165, 1.54) is 17.3 Å². The van der Waals surface area contributed by atoms with Gasteiger partial charge < -0.3 is 14.8 Å². The van der Waals surface area contributed by atoms with E-state index in [1.54, 1.807) is 0 Å². The van der Waals surface area contributed by atoms with Gasteiger partial charge in [-0.1, -0.05) is 0 Å². The highest BCUT2D eigenvalue weighted by atomic mass is 32.2. The summed E-state index contributed by atoms with van der Waals surface area (Å²) in [6.07, 6.45) is 2.07.